The van der Waals surface area contributed by atoms with Crippen LogP contribution in [0.2, 0.25) is 0 Å². The molecule has 0 aromatic heterocycles. The van der Waals surface area contributed by atoms with Crippen LogP contribution in [0, 0.1) is 0 Å². The second-order valence-electron chi connectivity index (χ2n) is 2.48. The van der Waals surface area contributed by atoms with E-state index in [1.165, 1.54) is 12.4 Å². The largest absolute Gasteiger partial charge is 0.360 e. The Hall–Kier alpha value is 0.200. The summed E-state index contributed by atoms with van der Waals surface area (Å²) in [6.45, 7) is 4.47. The molecule has 0 bridgehead atoms. The molecule has 0 radical (unpaired) electrons. The fourth-order valence-electron chi connectivity index (χ4n) is 1.28. The summed E-state index contributed by atoms with van der Waals surface area (Å²) >= 11 is 2.49. The first-order chi connectivity index (χ1) is 4.77. The third-order valence-electron chi connectivity index (χ3n) is 1.83. The molecule has 1 aliphatic rings. The second-order valence-corrected chi connectivity index (χ2v) is 4.24. The van der Waals surface area contributed by atoms with Crippen molar-refractivity contribution in [2.45, 2.75) is 17.3 Å². The van der Waals surface area contributed by atoms with Gasteiger partial charge < -0.3 is 4.90 Å². The maximum absolute atomic E-state index is 4.23. The van der Waals surface area contributed by atoms with Crippen molar-refractivity contribution in [2.75, 3.05) is 20.1 Å². The first kappa shape index (κ1) is 8.30. The van der Waals surface area contributed by atoms with Gasteiger partial charge in [-0.2, -0.15) is 0 Å². The van der Waals surface area contributed by atoms with E-state index in [2.05, 4.69) is 39.4 Å². The Morgan fingerprint density at radius 2 is 2.50 bits per heavy atom. The van der Waals surface area contributed by atoms with E-state index in [4.69, 9.17) is 0 Å². The summed E-state index contributed by atoms with van der Waals surface area (Å²) in [6, 6.07) is 0. The van der Waals surface area contributed by atoms with Crippen LogP contribution in [0.15, 0.2) is 4.99 Å². The third-order valence-corrected chi connectivity index (χ3v) is 2.66. The maximum Gasteiger partial charge on any atom is 0.0996 e. The average molecular weight is 252 g/mol. The van der Waals surface area contributed by atoms with Gasteiger partial charge in [-0.1, -0.05) is 22.6 Å². The van der Waals surface area contributed by atoms with E-state index in [0.29, 0.717) is 0 Å². The van der Waals surface area contributed by atoms with Crippen LogP contribution in [0.5, 0.6) is 0 Å². The van der Waals surface area contributed by atoms with E-state index >= 15 is 0 Å². The molecule has 0 aliphatic carbocycles. The lowest BCUT2D eigenvalue weighted by Gasteiger charge is -2.14. The fourth-order valence-corrected chi connectivity index (χ4v) is 2.15. The van der Waals surface area contributed by atoms with Crippen molar-refractivity contribution < 1.29 is 0 Å². The van der Waals surface area contributed by atoms with E-state index in [1.54, 1.807) is 0 Å². The highest BCUT2D eigenvalue weighted by atomic mass is 127. The molecule has 10 heavy (non-hydrogen) atoms. The van der Waals surface area contributed by atoms with Gasteiger partial charge in [0.05, 0.1) is 5.84 Å². The lowest BCUT2D eigenvalue weighted by Crippen LogP contribution is -2.24. The molecule has 3 heteroatoms. The SMILES string of the molecule is CCN1CC(I)C/C1=N\C. The molecular weight excluding hydrogens is 239 g/mol. The highest BCUT2D eigenvalue weighted by Gasteiger charge is 2.23. The van der Waals surface area contributed by atoms with Gasteiger partial charge in [-0.25, -0.2) is 0 Å². The number of likely N-dealkylation sites (tertiary alicyclic amines) is 1. The molecule has 0 aromatic rings. The van der Waals surface area contributed by atoms with Gasteiger partial charge in [0, 0.05) is 30.5 Å². The average Bonchev–Trinajstić information content (AvgIpc) is 2.30. The zero-order chi connectivity index (χ0) is 7.56. The maximum atomic E-state index is 4.23. The van der Waals surface area contributed by atoms with Crippen molar-refractivity contribution in [3.8, 4) is 0 Å². The number of amidine groups is 1. The quantitative estimate of drug-likeness (QED) is 0.510. The Balaban J connectivity index is 2.58. The van der Waals surface area contributed by atoms with Crippen molar-refractivity contribution in [1.29, 1.82) is 0 Å². The molecule has 2 nitrogen and oxygen atoms in total. The van der Waals surface area contributed by atoms with Crippen LogP contribution < -0.4 is 0 Å². The highest BCUT2D eigenvalue weighted by Crippen LogP contribution is 2.18. The van der Waals surface area contributed by atoms with Crippen LogP contribution in [-0.4, -0.2) is 34.8 Å². The molecule has 1 unspecified atom stereocenters. The van der Waals surface area contributed by atoms with Gasteiger partial charge in [-0.15, -0.1) is 0 Å². The van der Waals surface area contributed by atoms with E-state index in [0.717, 1.165) is 16.9 Å². The van der Waals surface area contributed by atoms with Crippen LogP contribution in [0.4, 0.5) is 0 Å². The Kier molecular flexibility index (Phi) is 2.95. The number of hydrogen-bond donors (Lipinski definition) is 0. The summed E-state index contributed by atoms with van der Waals surface area (Å²) in [5.74, 6) is 1.28. The molecule has 0 aromatic carbocycles. The van der Waals surface area contributed by atoms with Crippen LogP contribution in [-0.2, 0) is 0 Å². The molecule has 1 fully saturated rings. The molecule has 1 saturated heterocycles. The van der Waals surface area contributed by atoms with E-state index < -0.39 is 0 Å². The summed E-state index contributed by atoms with van der Waals surface area (Å²) in [7, 11) is 1.88. The van der Waals surface area contributed by atoms with Gasteiger partial charge in [-0.05, 0) is 6.92 Å². The lowest BCUT2D eigenvalue weighted by atomic mass is 10.4. The van der Waals surface area contributed by atoms with E-state index in [1.807, 2.05) is 7.05 Å². The Morgan fingerprint density at radius 3 is 2.90 bits per heavy atom. The van der Waals surface area contributed by atoms with Crippen LogP contribution in [0.25, 0.3) is 0 Å². The zero-order valence-electron chi connectivity index (χ0n) is 6.47. The Bertz CT molecular complexity index is 145. The number of alkyl halides is 1. The number of hydrogen-bond acceptors (Lipinski definition) is 1. The first-order valence-electron chi connectivity index (χ1n) is 3.62. The van der Waals surface area contributed by atoms with Gasteiger partial charge in [0.25, 0.3) is 0 Å². The molecular formula is C7H13IN2. The van der Waals surface area contributed by atoms with Crippen molar-refractivity contribution in [2.24, 2.45) is 4.99 Å². The molecule has 1 atom stereocenters. The summed E-state index contributed by atoms with van der Waals surface area (Å²) in [5, 5.41) is 0. The molecule has 0 amide bonds. The van der Waals surface area contributed by atoms with Gasteiger partial charge in [0.15, 0.2) is 0 Å². The van der Waals surface area contributed by atoms with Crippen molar-refractivity contribution in [3.05, 3.63) is 0 Å². The van der Waals surface area contributed by atoms with Crippen LogP contribution in [0.1, 0.15) is 13.3 Å². The number of aliphatic imine (C=N–C) groups is 1. The minimum absolute atomic E-state index is 0.774. The molecule has 58 valence electrons. The first-order valence-corrected chi connectivity index (χ1v) is 4.87. The summed E-state index contributed by atoms with van der Waals surface area (Å²) in [4.78, 5) is 6.57. The topological polar surface area (TPSA) is 15.6 Å². The molecule has 0 N–H and O–H groups in total. The van der Waals surface area contributed by atoms with Crippen molar-refractivity contribution in [1.82, 2.24) is 4.90 Å². The lowest BCUT2D eigenvalue weighted by molar-refractivity contribution is 0.485. The predicted molar refractivity (Wildman–Crippen MR) is 53.0 cm³/mol. The number of halogens is 1. The van der Waals surface area contributed by atoms with Gasteiger partial charge >= 0.3 is 0 Å². The van der Waals surface area contributed by atoms with E-state index in [9.17, 15) is 0 Å². The minimum atomic E-state index is 0.774. The Morgan fingerprint density at radius 1 is 1.80 bits per heavy atom. The normalized spacial score (nSPS) is 30.1. The summed E-state index contributed by atoms with van der Waals surface area (Å²) < 4.78 is 0.774. The molecule has 1 heterocycles. The van der Waals surface area contributed by atoms with Gasteiger partial charge in [0.2, 0.25) is 0 Å². The van der Waals surface area contributed by atoms with Crippen molar-refractivity contribution in [3.63, 3.8) is 0 Å². The fraction of sp³-hybridized carbons (Fsp3) is 0.857. The summed E-state index contributed by atoms with van der Waals surface area (Å²) in [6.07, 6.45) is 1.16. The third kappa shape index (κ3) is 1.62. The van der Waals surface area contributed by atoms with Crippen molar-refractivity contribution >= 4 is 28.4 Å². The predicted octanol–water partition coefficient (Wildman–Crippen LogP) is 1.54. The minimum Gasteiger partial charge on any atom is -0.360 e. The molecule has 1 rings (SSSR count). The molecule has 0 saturated carbocycles. The zero-order valence-corrected chi connectivity index (χ0v) is 8.63. The standard InChI is InChI=1S/C7H13IN2/c1-3-10-5-6(8)4-7(10)9-2/h6H,3-5H2,1-2H3/b9-7+. The molecule has 1 aliphatic heterocycles. The smallest absolute Gasteiger partial charge is 0.0996 e. The van der Waals surface area contributed by atoms with Crippen LogP contribution in [0.3, 0.4) is 0 Å². The Labute approximate surface area is 75.8 Å². The van der Waals surface area contributed by atoms with Gasteiger partial charge in [-0.3, -0.25) is 4.99 Å². The molecule has 0 spiro atoms. The number of nitrogens with zero attached hydrogens (tertiary/aromatic N) is 2. The summed E-state index contributed by atoms with van der Waals surface area (Å²) in [5.41, 5.74) is 0. The number of rotatable bonds is 1. The van der Waals surface area contributed by atoms with Crippen LogP contribution >= 0.6 is 22.6 Å². The van der Waals surface area contributed by atoms with Gasteiger partial charge in [0.1, 0.15) is 0 Å². The second kappa shape index (κ2) is 3.55. The van der Waals surface area contributed by atoms with E-state index in [-0.39, 0.29) is 0 Å². The monoisotopic (exact) mass is 252 g/mol. The highest BCUT2D eigenvalue weighted by molar-refractivity contribution is 14.1.